The SMILES string of the molecule is CCN(CC)c1ccc(C2/C(=C(/O)c3ccc(OC(C)C)c(C)c3)C(=O)C(=O)N2CCCN(C)C)cc1. The number of aliphatic hydroxyl groups is 1. The van der Waals surface area contributed by atoms with Crippen LogP contribution in [0.15, 0.2) is 48.0 Å². The van der Waals surface area contributed by atoms with Gasteiger partial charge < -0.3 is 24.5 Å². The molecule has 2 aromatic rings. The van der Waals surface area contributed by atoms with Crippen molar-refractivity contribution < 1.29 is 19.4 Å². The molecule has 7 heteroatoms. The van der Waals surface area contributed by atoms with Crippen molar-refractivity contribution in [1.82, 2.24) is 9.80 Å². The van der Waals surface area contributed by atoms with Gasteiger partial charge in [-0.2, -0.15) is 0 Å². The molecule has 1 atom stereocenters. The van der Waals surface area contributed by atoms with Crippen LogP contribution in [0.5, 0.6) is 5.75 Å². The topological polar surface area (TPSA) is 73.3 Å². The average molecular weight is 508 g/mol. The Morgan fingerprint density at radius 3 is 2.24 bits per heavy atom. The summed E-state index contributed by atoms with van der Waals surface area (Å²) < 4.78 is 5.83. The predicted octanol–water partition coefficient (Wildman–Crippen LogP) is 5.00. The first kappa shape index (κ1) is 28.3. The Kier molecular flexibility index (Phi) is 9.38. The van der Waals surface area contributed by atoms with Gasteiger partial charge in [0.25, 0.3) is 11.7 Å². The summed E-state index contributed by atoms with van der Waals surface area (Å²) in [6.45, 7) is 13.0. The van der Waals surface area contributed by atoms with Gasteiger partial charge in [-0.15, -0.1) is 0 Å². The van der Waals surface area contributed by atoms with Crippen molar-refractivity contribution in [3.8, 4) is 5.75 Å². The molecular weight excluding hydrogens is 466 g/mol. The smallest absolute Gasteiger partial charge is 0.295 e. The number of rotatable bonds is 11. The Morgan fingerprint density at radius 2 is 1.70 bits per heavy atom. The van der Waals surface area contributed by atoms with Crippen LogP contribution in [-0.2, 0) is 9.59 Å². The molecule has 1 N–H and O–H groups in total. The number of benzene rings is 2. The largest absolute Gasteiger partial charge is 0.507 e. The Balaban J connectivity index is 2.08. The van der Waals surface area contributed by atoms with E-state index in [9.17, 15) is 14.7 Å². The highest BCUT2D eigenvalue weighted by Crippen LogP contribution is 2.40. The number of likely N-dealkylation sites (tertiary alicyclic amines) is 1. The summed E-state index contributed by atoms with van der Waals surface area (Å²) >= 11 is 0. The van der Waals surface area contributed by atoms with Crippen LogP contribution in [0.25, 0.3) is 5.76 Å². The summed E-state index contributed by atoms with van der Waals surface area (Å²) in [7, 11) is 3.96. The molecule has 7 nitrogen and oxygen atoms in total. The number of hydrogen-bond donors (Lipinski definition) is 1. The Morgan fingerprint density at radius 1 is 1.05 bits per heavy atom. The van der Waals surface area contributed by atoms with E-state index >= 15 is 0 Å². The molecule has 0 saturated carbocycles. The molecule has 0 bridgehead atoms. The van der Waals surface area contributed by atoms with Crippen LogP contribution >= 0.6 is 0 Å². The third-order valence-corrected chi connectivity index (χ3v) is 6.69. The van der Waals surface area contributed by atoms with Crippen LogP contribution in [-0.4, -0.2) is 73.0 Å². The van der Waals surface area contributed by atoms with E-state index in [-0.39, 0.29) is 17.4 Å². The van der Waals surface area contributed by atoms with Crippen LogP contribution in [0.1, 0.15) is 56.8 Å². The highest BCUT2D eigenvalue weighted by molar-refractivity contribution is 6.46. The number of Topliss-reactive ketones (excluding diaryl/α,β-unsaturated/α-hetero) is 1. The van der Waals surface area contributed by atoms with E-state index in [0.29, 0.717) is 18.5 Å². The van der Waals surface area contributed by atoms with E-state index in [2.05, 4.69) is 18.7 Å². The minimum Gasteiger partial charge on any atom is -0.507 e. The summed E-state index contributed by atoms with van der Waals surface area (Å²) in [6, 6.07) is 12.6. The van der Waals surface area contributed by atoms with Crippen LogP contribution in [0, 0.1) is 6.92 Å². The number of ketones is 1. The van der Waals surface area contributed by atoms with E-state index in [1.807, 2.05) is 64.0 Å². The summed E-state index contributed by atoms with van der Waals surface area (Å²) in [5, 5.41) is 11.4. The van der Waals surface area contributed by atoms with Crippen molar-refractivity contribution in [3.05, 3.63) is 64.7 Å². The third-order valence-electron chi connectivity index (χ3n) is 6.69. The fourth-order valence-corrected chi connectivity index (χ4v) is 4.81. The number of aliphatic hydroxyl groups excluding tert-OH is 1. The molecule has 2 aromatic carbocycles. The second-order valence-electron chi connectivity index (χ2n) is 10.1. The second-order valence-corrected chi connectivity index (χ2v) is 10.1. The van der Waals surface area contributed by atoms with E-state index < -0.39 is 17.7 Å². The maximum atomic E-state index is 13.3. The van der Waals surface area contributed by atoms with Crippen molar-refractivity contribution in [2.75, 3.05) is 45.2 Å². The van der Waals surface area contributed by atoms with Crippen LogP contribution in [0.2, 0.25) is 0 Å². The zero-order valence-corrected chi connectivity index (χ0v) is 23.2. The molecule has 1 aliphatic rings. The molecule has 37 heavy (non-hydrogen) atoms. The number of aryl methyl sites for hydroxylation is 1. The zero-order valence-electron chi connectivity index (χ0n) is 23.2. The zero-order chi connectivity index (χ0) is 27.3. The molecule has 0 spiro atoms. The predicted molar refractivity (Wildman–Crippen MR) is 149 cm³/mol. The summed E-state index contributed by atoms with van der Waals surface area (Å²) in [5.74, 6) is -0.667. The number of nitrogens with zero attached hydrogens (tertiary/aromatic N) is 3. The first-order valence-corrected chi connectivity index (χ1v) is 13.1. The van der Waals surface area contributed by atoms with Gasteiger partial charge in [-0.1, -0.05) is 12.1 Å². The van der Waals surface area contributed by atoms with Gasteiger partial charge in [0.15, 0.2) is 0 Å². The highest BCUT2D eigenvalue weighted by atomic mass is 16.5. The normalized spacial score (nSPS) is 17.2. The average Bonchev–Trinajstić information content (AvgIpc) is 3.10. The second kappa shape index (κ2) is 12.3. The fourth-order valence-electron chi connectivity index (χ4n) is 4.81. The first-order valence-electron chi connectivity index (χ1n) is 13.1. The van der Waals surface area contributed by atoms with Crippen molar-refractivity contribution in [1.29, 1.82) is 0 Å². The van der Waals surface area contributed by atoms with Crippen molar-refractivity contribution in [2.24, 2.45) is 0 Å². The molecule has 0 aromatic heterocycles. The number of anilines is 1. The number of ether oxygens (including phenoxy) is 1. The van der Waals surface area contributed by atoms with Crippen LogP contribution < -0.4 is 9.64 Å². The van der Waals surface area contributed by atoms with Gasteiger partial charge in [0.2, 0.25) is 0 Å². The molecule has 1 aliphatic heterocycles. The van der Waals surface area contributed by atoms with Crippen molar-refractivity contribution >= 4 is 23.1 Å². The highest BCUT2D eigenvalue weighted by Gasteiger charge is 2.45. The van der Waals surface area contributed by atoms with E-state index in [0.717, 1.165) is 42.2 Å². The number of hydrogen-bond acceptors (Lipinski definition) is 6. The first-order chi connectivity index (χ1) is 17.6. The van der Waals surface area contributed by atoms with Gasteiger partial charge in [0.1, 0.15) is 11.5 Å². The molecular formula is C30H41N3O4. The molecule has 1 unspecified atom stereocenters. The Bertz CT molecular complexity index is 1130. The molecule has 3 rings (SSSR count). The summed E-state index contributed by atoms with van der Waals surface area (Å²) in [4.78, 5) is 32.4. The van der Waals surface area contributed by atoms with Crippen molar-refractivity contribution in [2.45, 2.75) is 53.2 Å². The van der Waals surface area contributed by atoms with Gasteiger partial charge >= 0.3 is 0 Å². The number of amides is 1. The van der Waals surface area contributed by atoms with E-state index in [1.165, 1.54) is 0 Å². The molecule has 1 fully saturated rings. The van der Waals surface area contributed by atoms with Gasteiger partial charge in [0.05, 0.1) is 17.7 Å². The monoisotopic (exact) mass is 507 g/mol. The lowest BCUT2D eigenvalue weighted by atomic mass is 9.94. The lowest BCUT2D eigenvalue weighted by molar-refractivity contribution is -0.139. The van der Waals surface area contributed by atoms with Crippen LogP contribution in [0.4, 0.5) is 5.69 Å². The number of carbonyl (C=O) groups is 2. The maximum Gasteiger partial charge on any atom is 0.295 e. The Labute approximate surface area is 221 Å². The van der Waals surface area contributed by atoms with Gasteiger partial charge in [-0.05, 0) is 103 Å². The van der Waals surface area contributed by atoms with E-state index in [1.54, 1.807) is 23.1 Å². The summed E-state index contributed by atoms with van der Waals surface area (Å²) in [6.07, 6.45) is 0.735. The molecule has 200 valence electrons. The summed E-state index contributed by atoms with van der Waals surface area (Å²) in [5.41, 5.74) is 3.35. The lowest BCUT2D eigenvalue weighted by Crippen LogP contribution is -2.32. The van der Waals surface area contributed by atoms with Crippen LogP contribution in [0.3, 0.4) is 0 Å². The minimum atomic E-state index is -0.653. The van der Waals surface area contributed by atoms with E-state index in [4.69, 9.17) is 4.74 Å². The molecule has 1 heterocycles. The molecule has 1 saturated heterocycles. The molecule has 0 aliphatic carbocycles. The van der Waals surface area contributed by atoms with Gasteiger partial charge in [0, 0.05) is 30.9 Å². The number of carbonyl (C=O) groups excluding carboxylic acids is 2. The van der Waals surface area contributed by atoms with Crippen molar-refractivity contribution in [3.63, 3.8) is 0 Å². The Hall–Kier alpha value is -3.32. The maximum absolute atomic E-state index is 13.3. The minimum absolute atomic E-state index is 0.0185. The fraction of sp³-hybridized carbons (Fsp3) is 0.467. The third kappa shape index (κ3) is 6.34. The lowest BCUT2D eigenvalue weighted by Gasteiger charge is -2.27. The van der Waals surface area contributed by atoms with Gasteiger partial charge in [-0.25, -0.2) is 0 Å². The molecule has 1 amide bonds. The molecule has 0 radical (unpaired) electrons. The standard InChI is InChI=1S/C30H41N3O4/c1-8-32(9-2)24-14-11-22(12-15-24)27-26(29(35)30(36)33(27)18-10-17-31(6)7)28(34)23-13-16-25(21(5)19-23)37-20(3)4/h11-16,19-20,27,34H,8-10,17-18H2,1-7H3/b28-26-. The van der Waals surface area contributed by atoms with Gasteiger partial charge in [-0.3, -0.25) is 9.59 Å². The quantitative estimate of drug-likeness (QED) is 0.262.